The minimum Gasteiger partial charge on any atom is -0.376 e. The second-order valence-electron chi connectivity index (χ2n) is 8.39. The van der Waals surface area contributed by atoms with Crippen molar-refractivity contribution in [2.75, 3.05) is 13.2 Å². The van der Waals surface area contributed by atoms with E-state index >= 15 is 0 Å². The molecular weight excluding hydrogens is 327 g/mol. The van der Waals surface area contributed by atoms with Gasteiger partial charge in [0.2, 0.25) is 0 Å². The molecule has 6 heteroatoms. The van der Waals surface area contributed by atoms with Crippen LogP contribution in [-0.4, -0.2) is 29.1 Å². The Morgan fingerprint density at radius 3 is 1.88 bits per heavy atom. The summed E-state index contributed by atoms with van der Waals surface area (Å²) < 4.78 is 20.6. The molecule has 24 heavy (non-hydrogen) atoms. The van der Waals surface area contributed by atoms with E-state index in [-0.39, 0.29) is 34.2 Å². The SMILES string of the molecule is C.C.CC(C)(C)CC(C)(C)C1CCC(OCCOP(=O)(O)O)CC1. The predicted molar refractivity (Wildman–Crippen MR) is 101 cm³/mol. The van der Waals surface area contributed by atoms with Crippen LogP contribution in [0.2, 0.25) is 0 Å². The summed E-state index contributed by atoms with van der Waals surface area (Å²) in [4.78, 5) is 17.2. The topological polar surface area (TPSA) is 76.0 Å². The summed E-state index contributed by atoms with van der Waals surface area (Å²) in [5, 5.41) is 0. The van der Waals surface area contributed by atoms with E-state index in [2.05, 4.69) is 39.1 Å². The Hall–Kier alpha value is 0.0700. The molecule has 5 nitrogen and oxygen atoms in total. The third-order valence-electron chi connectivity index (χ3n) is 4.46. The summed E-state index contributed by atoms with van der Waals surface area (Å²) >= 11 is 0. The van der Waals surface area contributed by atoms with Gasteiger partial charge in [-0.2, -0.15) is 0 Å². The van der Waals surface area contributed by atoms with Gasteiger partial charge in [-0.15, -0.1) is 0 Å². The highest BCUT2D eigenvalue weighted by molar-refractivity contribution is 7.46. The number of phosphoric ester groups is 1. The van der Waals surface area contributed by atoms with Gasteiger partial charge in [0.1, 0.15) is 0 Å². The monoisotopic (exact) mass is 368 g/mol. The van der Waals surface area contributed by atoms with Gasteiger partial charge in [0.25, 0.3) is 0 Å². The molecule has 0 atom stereocenters. The minimum absolute atomic E-state index is 0. The molecule has 0 spiro atoms. The van der Waals surface area contributed by atoms with Crippen LogP contribution in [0.5, 0.6) is 0 Å². The summed E-state index contributed by atoms with van der Waals surface area (Å²) in [6.45, 7) is 11.8. The van der Waals surface area contributed by atoms with E-state index in [0.29, 0.717) is 10.8 Å². The third-order valence-corrected chi connectivity index (χ3v) is 4.98. The number of ether oxygens (including phenoxy) is 1. The van der Waals surface area contributed by atoms with E-state index in [1.165, 1.54) is 6.42 Å². The molecule has 0 saturated heterocycles. The fourth-order valence-electron chi connectivity index (χ4n) is 3.89. The molecule has 1 aliphatic carbocycles. The van der Waals surface area contributed by atoms with Crippen molar-refractivity contribution < 1.29 is 23.6 Å². The summed E-state index contributed by atoms with van der Waals surface area (Å²) in [7, 11) is -4.37. The molecule has 148 valence electrons. The smallest absolute Gasteiger partial charge is 0.376 e. The zero-order valence-electron chi connectivity index (χ0n) is 14.7. The van der Waals surface area contributed by atoms with Crippen LogP contribution in [0.1, 0.15) is 81.6 Å². The van der Waals surface area contributed by atoms with Crippen LogP contribution < -0.4 is 0 Å². The third kappa shape index (κ3) is 10.8. The molecule has 0 aromatic rings. The fraction of sp³-hybridized carbons (Fsp3) is 1.00. The van der Waals surface area contributed by atoms with E-state index in [0.717, 1.165) is 31.6 Å². The van der Waals surface area contributed by atoms with Crippen LogP contribution in [-0.2, 0) is 13.8 Å². The first-order chi connectivity index (χ1) is 9.89. The van der Waals surface area contributed by atoms with Gasteiger partial charge in [0.15, 0.2) is 0 Å². The molecular formula is C18H41O5P. The fourth-order valence-corrected chi connectivity index (χ4v) is 4.21. The highest BCUT2D eigenvalue weighted by atomic mass is 31.2. The van der Waals surface area contributed by atoms with E-state index in [1.807, 2.05) is 0 Å². The first kappa shape index (κ1) is 26.3. The van der Waals surface area contributed by atoms with Crippen molar-refractivity contribution in [1.82, 2.24) is 0 Å². The number of phosphoric acid groups is 1. The van der Waals surface area contributed by atoms with Gasteiger partial charge in [-0.05, 0) is 48.9 Å². The molecule has 0 aromatic heterocycles. The Kier molecular flexibility index (Phi) is 11.3. The molecule has 1 fully saturated rings. The average Bonchev–Trinajstić information content (AvgIpc) is 2.31. The summed E-state index contributed by atoms with van der Waals surface area (Å²) in [5.74, 6) is 0.720. The molecule has 0 unspecified atom stereocenters. The molecule has 0 amide bonds. The first-order valence-corrected chi connectivity index (χ1v) is 9.74. The Labute approximate surface area is 149 Å². The summed E-state index contributed by atoms with van der Waals surface area (Å²) in [5.41, 5.74) is 0.684. The van der Waals surface area contributed by atoms with E-state index in [1.54, 1.807) is 0 Å². The molecule has 2 N–H and O–H groups in total. The van der Waals surface area contributed by atoms with Crippen LogP contribution in [0, 0.1) is 16.7 Å². The predicted octanol–water partition coefficient (Wildman–Crippen LogP) is 5.41. The molecule has 0 bridgehead atoms. The molecule has 1 saturated carbocycles. The highest BCUT2D eigenvalue weighted by Gasteiger charge is 2.36. The lowest BCUT2D eigenvalue weighted by atomic mass is 9.64. The normalized spacial score (nSPS) is 22.5. The largest absolute Gasteiger partial charge is 0.469 e. The zero-order chi connectivity index (χ0) is 17.0. The van der Waals surface area contributed by atoms with Crippen molar-refractivity contribution in [1.29, 1.82) is 0 Å². The van der Waals surface area contributed by atoms with Gasteiger partial charge >= 0.3 is 7.82 Å². The summed E-state index contributed by atoms with van der Waals surface area (Å²) in [6.07, 6.45) is 5.77. The lowest BCUT2D eigenvalue weighted by Gasteiger charge is -2.42. The maximum Gasteiger partial charge on any atom is 0.469 e. The minimum atomic E-state index is -4.37. The molecule has 0 radical (unpaired) electrons. The van der Waals surface area contributed by atoms with Gasteiger partial charge in [-0.3, -0.25) is 4.52 Å². The zero-order valence-corrected chi connectivity index (χ0v) is 15.6. The van der Waals surface area contributed by atoms with Crippen LogP contribution in [0.3, 0.4) is 0 Å². The summed E-state index contributed by atoms with van der Waals surface area (Å²) in [6, 6.07) is 0. The molecule has 1 rings (SSSR count). The van der Waals surface area contributed by atoms with E-state index in [9.17, 15) is 4.57 Å². The Bertz CT molecular complexity index is 375. The maximum absolute atomic E-state index is 10.6. The van der Waals surface area contributed by atoms with Gasteiger partial charge < -0.3 is 14.5 Å². The first-order valence-electron chi connectivity index (χ1n) is 8.21. The number of hydrogen-bond donors (Lipinski definition) is 2. The van der Waals surface area contributed by atoms with Crippen molar-refractivity contribution in [3.8, 4) is 0 Å². The van der Waals surface area contributed by atoms with Crippen molar-refractivity contribution in [3.63, 3.8) is 0 Å². The van der Waals surface area contributed by atoms with Crippen molar-refractivity contribution in [2.24, 2.45) is 16.7 Å². The van der Waals surface area contributed by atoms with Crippen LogP contribution in [0.4, 0.5) is 0 Å². The van der Waals surface area contributed by atoms with E-state index in [4.69, 9.17) is 14.5 Å². The lowest BCUT2D eigenvalue weighted by molar-refractivity contribution is -0.0177. The second-order valence-corrected chi connectivity index (χ2v) is 9.63. The second kappa shape index (κ2) is 10.3. The molecule has 0 heterocycles. The standard InChI is InChI=1S/C16H33O5P.2CH4/c1-15(2,3)12-16(4,5)13-6-8-14(9-7-13)20-10-11-21-22(17,18)19;;/h13-14H,6-12H2,1-5H3,(H2,17,18,19);2*1H4. The Morgan fingerprint density at radius 1 is 0.958 bits per heavy atom. The van der Waals surface area contributed by atoms with Crippen LogP contribution in [0.15, 0.2) is 0 Å². The van der Waals surface area contributed by atoms with Crippen LogP contribution in [0.25, 0.3) is 0 Å². The molecule has 0 aromatic carbocycles. The Balaban J connectivity index is 0. The maximum atomic E-state index is 10.6. The average molecular weight is 368 g/mol. The quantitative estimate of drug-likeness (QED) is 0.464. The van der Waals surface area contributed by atoms with Gasteiger partial charge in [-0.1, -0.05) is 49.5 Å². The van der Waals surface area contributed by atoms with Gasteiger partial charge in [0.05, 0.1) is 19.3 Å². The van der Waals surface area contributed by atoms with E-state index < -0.39 is 7.82 Å². The highest BCUT2D eigenvalue weighted by Crippen LogP contribution is 2.45. The van der Waals surface area contributed by atoms with Crippen molar-refractivity contribution in [3.05, 3.63) is 0 Å². The molecule has 1 aliphatic rings. The van der Waals surface area contributed by atoms with Crippen molar-refractivity contribution >= 4 is 7.82 Å². The Morgan fingerprint density at radius 2 is 1.46 bits per heavy atom. The van der Waals surface area contributed by atoms with Crippen molar-refractivity contribution in [2.45, 2.75) is 87.7 Å². The van der Waals surface area contributed by atoms with Gasteiger partial charge in [0, 0.05) is 0 Å². The number of rotatable bonds is 7. The molecule has 0 aliphatic heterocycles. The van der Waals surface area contributed by atoms with Crippen LogP contribution >= 0.6 is 7.82 Å². The number of hydrogen-bond acceptors (Lipinski definition) is 3. The lowest BCUT2D eigenvalue weighted by Crippen LogP contribution is -2.34. The van der Waals surface area contributed by atoms with Gasteiger partial charge in [-0.25, -0.2) is 4.57 Å².